The summed E-state index contributed by atoms with van der Waals surface area (Å²) in [5.74, 6) is 1.55. The molecule has 0 fully saturated rings. The largest absolute Gasteiger partial charge is 0.484 e. The predicted octanol–water partition coefficient (Wildman–Crippen LogP) is 10.8. The molecule has 4 nitrogen and oxygen atoms in total. The summed E-state index contributed by atoms with van der Waals surface area (Å²) in [6.07, 6.45) is 8.85. The molecule has 4 heteroatoms. The van der Waals surface area contributed by atoms with E-state index in [9.17, 15) is 0 Å². The fraction of sp³-hybridized carbons (Fsp3) is 0.111. The molecular formula is C45H33N3O. The van der Waals surface area contributed by atoms with Gasteiger partial charge in [-0.15, -0.1) is 0 Å². The molecule has 2 atom stereocenters. The average Bonchev–Trinajstić information content (AvgIpc) is 3.67. The maximum atomic E-state index is 7.16. The van der Waals surface area contributed by atoms with Gasteiger partial charge in [0, 0.05) is 27.5 Å². The van der Waals surface area contributed by atoms with Gasteiger partial charge in [-0.25, -0.2) is 9.97 Å². The minimum Gasteiger partial charge on any atom is -0.484 e. The van der Waals surface area contributed by atoms with Crippen molar-refractivity contribution in [3.05, 3.63) is 168 Å². The van der Waals surface area contributed by atoms with Gasteiger partial charge in [0.25, 0.3) is 0 Å². The van der Waals surface area contributed by atoms with Crippen molar-refractivity contribution in [1.29, 1.82) is 0 Å². The van der Waals surface area contributed by atoms with Crippen LogP contribution in [0.25, 0.3) is 61.4 Å². The van der Waals surface area contributed by atoms with Gasteiger partial charge in [0.15, 0.2) is 5.82 Å². The third-order valence-electron chi connectivity index (χ3n) is 10.7. The summed E-state index contributed by atoms with van der Waals surface area (Å²) in [5, 5.41) is 2.52. The van der Waals surface area contributed by atoms with Crippen LogP contribution >= 0.6 is 0 Å². The van der Waals surface area contributed by atoms with E-state index in [-0.39, 0.29) is 11.5 Å². The van der Waals surface area contributed by atoms with Gasteiger partial charge < -0.3 is 9.30 Å². The Kier molecular flexibility index (Phi) is 6.16. The monoisotopic (exact) mass is 631 g/mol. The molecule has 1 aliphatic heterocycles. The van der Waals surface area contributed by atoms with Crippen molar-refractivity contribution in [3.63, 3.8) is 0 Å². The summed E-state index contributed by atoms with van der Waals surface area (Å²) >= 11 is 0. The van der Waals surface area contributed by atoms with E-state index < -0.39 is 0 Å². The maximum Gasteiger partial charge on any atom is 0.164 e. The molecule has 49 heavy (non-hydrogen) atoms. The van der Waals surface area contributed by atoms with Crippen molar-refractivity contribution in [2.75, 3.05) is 0 Å². The highest BCUT2D eigenvalue weighted by molar-refractivity contribution is 6.11. The smallest absolute Gasteiger partial charge is 0.164 e. The van der Waals surface area contributed by atoms with Crippen LogP contribution < -0.4 is 4.74 Å². The highest BCUT2D eigenvalue weighted by Crippen LogP contribution is 2.57. The van der Waals surface area contributed by atoms with E-state index in [1.165, 1.54) is 44.2 Å². The quantitative estimate of drug-likeness (QED) is 0.194. The Morgan fingerprint density at radius 2 is 1.31 bits per heavy atom. The zero-order valence-electron chi connectivity index (χ0n) is 27.2. The van der Waals surface area contributed by atoms with E-state index >= 15 is 0 Å². The fourth-order valence-electron chi connectivity index (χ4n) is 8.32. The molecule has 10 rings (SSSR count). The molecule has 0 N–H and O–H groups in total. The van der Waals surface area contributed by atoms with Crippen molar-refractivity contribution < 1.29 is 4.74 Å². The lowest BCUT2D eigenvalue weighted by Crippen LogP contribution is -2.40. The number of ether oxygens (including phenoxy) is 1. The zero-order chi connectivity index (χ0) is 32.5. The molecule has 5 aromatic carbocycles. The topological polar surface area (TPSA) is 39.9 Å². The Balaban J connectivity index is 1.18. The molecule has 0 radical (unpaired) electrons. The lowest BCUT2D eigenvalue weighted by atomic mass is 9.65. The molecular weight excluding hydrogens is 599 g/mol. The first-order valence-electron chi connectivity index (χ1n) is 17.1. The second-order valence-corrected chi connectivity index (χ2v) is 13.4. The van der Waals surface area contributed by atoms with Crippen LogP contribution in [0.15, 0.2) is 163 Å². The van der Waals surface area contributed by atoms with E-state index in [1.807, 2.05) is 12.1 Å². The van der Waals surface area contributed by atoms with Crippen LogP contribution in [0.4, 0.5) is 0 Å². The number of benzene rings is 5. The third-order valence-corrected chi connectivity index (χ3v) is 10.7. The standard InChI is InChI=1S/C45H33N3O/c1-45-35-23-11-8-21-33(35)41(48-39-25-12-9-19-31(39)32-20-10-13-26-40(32)48)28-42(45)49-43-34(22-14-24-36(43)45)44-46-37(29-15-4-2-5-16-29)27-38(47-44)30-17-6-3-7-18-30/h2-10,12-22,24-28,42H,11,23H2,1H3. The van der Waals surface area contributed by atoms with Crippen LogP contribution in [0.5, 0.6) is 5.75 Å². The molecule has 3 heterocycles. The summed E-state index contributed by atoms with van der Waals surface area (Å²) < 4.78 is 9.61. The Morgan fingerprint density at radius 1 is 0.694 bits per heavy atom. The Hall–Kier alpha value is -6.00. The summed E-state index contributed by atoms with van der Waals surface area (Å²) in [6, 6.07) is 46.8. The lowest BCUT2D eigenvalue weighted by Gasteiger charge is -2.39. The van der Waals surface area contributed by atoms with E-state index in [2.05, 4.69) is 151 Å². The van der Waals surface area contributed by atoms with Crippen LogP contribution in [-0.4, -0.2) is 20.6 Å². The number of hydrogen-bond donors (Lipinski definition) is 0. The number of allylic oxidation sites excluding steroid dienone is 4. The molecule has 0 bridgehead atoms. The number of fused-ring (bicyclic) bond motifs is 7. The highest BCUT2D eigenvalue weighted by Gasteiger charge is 2.51. The molecule has 3 aliphatic rings. The van der Waals surface area contributed by atoms with Gasteiger partial charge in [0.05, 0.1) is 39.1 Å². The SMILES string of the molecule is CC12C3=C(C=CCC3)C(n3c4ccccc4c4ccccc43)=CC1Oc1c(-c3nc(-c4ccccc4)cc(-c4ccccc4)n3)cccc12. The van der Waals surface area contributed by atoms with Gasteiger partial charge in [-0.3, -0.25) is 0 Å². The van der Waals surface area contributed by atoms with Gasteiger partial charge in [0.1, 0.15) is 11.9 Å². The van der Waals surface area contributed by atoms with Crippen molar-refractivity contribution in [1.82, 2.24) is 14.5 Å². The first kappa shape index (κ1) is 28.1. The van der Waals surface area contributed by atoms with Crippen molar-refractivity contribution >= 4 is 27.5 Å². The van der Waals surface area contributed by atoms with Crippen LogP contribution in [0, 0.1) is 0 Å². The highest BCUT2D eigenvalue weighted by atomic mass is 16.5. The summed E-state index contributed by atoms with van der Waals surface area (Å²) in [5.41, 5.74) is 12.0. The normalized spacial score (nSPS) is 19.4. The van der Waals surface area contributed by atoms with E-state index in [4.69, 9.17) is 14.7 Å². The second kappa shape index (κ2) is 10.8. The van der Waals surface area contributed by atoms with Crippen molar-refractivity contribution in [2.45, 2.75) is 31.3 Å². The minimum absolute atomic E-state index is 0.185. The number of hydrogen-bond acceptors (Lipinski definition) is 3. The maximum absolute atomic E-state index is 7.16. The molecule has 2 unspecified atom stereocenters. The van der Waals surface area contributed by atoms with Crippen LogP contribution in [-0.2, 0) is 5.41 Å². The summed E-state index contributed by atoms with van der Waals surface area (Å²) in [4.78, 5) is 10.4. The molecule has 0 amide bonds. The molecule has 0 saturated carbocycles. The molecule has 2 aliphatic carbocycles. The minimum atomic E-state index is -0.326. The average molecular weight is 632 g/mol. The lowest BCUT2D eigenvalue weighted by molar-refractivity contribution is 0.218. The van der Waals surface area contributed by atoms with Gasteiger partial charge >= 0.3 is 0 Å². The first-order valence-corrected chi connectivity index (χ1v) is 17.1. The van der Waals surface area contributed by atoms with E-state index in [0.717, 1.165) is 46.7 Å². The Bertz CT molecular complexity index is 2430. The van der Waals surface area contributed by atoms with Gasteiger partial charge in [-0.05, 0) is 61.3 Å². The third kappa shape index (κ3) is 4.17. The van der Waals surface area contributed by atoms with Gasteiger partial charge in [-0.1, -0.05) is 121 Å². The Labute approximate surface area is 285 Å². The van der Waals surface area contributed by atoms with Crippen LogP contribution in [0.2, 0.25) is 0 Å². The molecule has 234 valence electrons. The molecule has 2 aromatic heterocycles. The van der Waals surface area contributed by atoms with Crippen LogP contribution in [0.1, 0.15) is 25.3 Å². The van der Waals surface area contributed by atoms with Crippen molar-refractivity contribution in [3.8, 4) is 39.7 Å². The second-order valence-electron chi connectivity index (χ2n) is 13.4. The first-order chi connectivity index (χ1) is 24.2. The number of para-hydroxylation sites is 3. The van der Waals surface area contributed by atoms with Gasteiger partial charge in [-0.2, -0.15) is 0 Å². The molecule has 7 aromatic rings. The number of nitrogens with zero attached hydrogens (tertiary/aromatic N) is 3. The van der Waals surface area contributed by atoms with Crippen LogP contribution in [0.3, 0.4) is 0 Å². The fourth-order valence-corrected chi connectivity index (χ4v) is 8.32. The molecule has 0 spiro atoms. The van der Waals surface area contributed by atoms with E-state index in [0.29, 0.717) is 5.82 Å². The summed E-state index contributed by atoms with van der Waals surface area (Å²) in [6.45, 7) is 2.37. The number of rotatable bonds is 4. The van der Waals surface area contributed by atoms with E-state index in [1.54, 1.807) is 0 Å². The molecule has 0 saturated heterocycles. The van der Waals surface area contributed by atoms with Gasteiger partial charge in [0.2, 0.25) is 0 Å². The zero-order valence-corrected chi connectivity index (χ0v) is 27.2. The number of aromatic nitrogens is 3. The van der Waals surface area contributed by atoms with Crippen molar-refractivity contribution in [2.24, 2.45) is 0 Å². The predicted molar refractivity (Wildman–Crippen MR) is 199 cm³/mol. The Morgan fingerprint density at radius 3 is 1.96 bits per heavy atom. The summed E-state index contributed by atoms with van der Waals surface area (Å²) in [7, 11) is 0.